The molecule has 0 spiro atoms. The van der Waals surface area contributed by atoms with E-state index in [0.29, 0.717) is 12.2 Å². The number of aromatic nitrogens is 1. The highest BCUT2D eigenvalue weighted by molar-refractivity contribution is 6.01. The first kappa shape index (κ1) is 19.0. The van der Waals surface area contributed by atoms with Crippen molar-refractivity contribution in [3.8, 4) is 11.8 Å². The molecule has 134 valence electrons. The Hall–Kier alpha value is -3.33. The first-order valence-electron chi connectivity index (χ1n) is 8.23. The molecule has 0 saturated heterocycles. The number of carbonyl (C=O) groups excluding carboxylic acids is 2. The fourth-order valence-electron chi connectivity index (χ4n) is 2.73. The van der Waals surface area contributed by atoms with Crippen LogP contribution in [0.5, 0.6) is 0 Å². The summed E-state index contributed by atoms with van der Waals surface area (Å²) in [5, 5.41) is 11.6. The van der Waals surface area contributed by atoms with Crippen molar-refractivity contribution in [2.24, 2.45) is 0 Å². The summed E-state index contributed by atoms with van der Waals surface area (Å²) >= 11 is 0. The van der Waals surface area contributed by atoms with Gasteiger partial charge in [-0.15, -0.1) is 0 Å². The van der Waals surface area contributed by atoms with E-state index in [0.717, 1.165) is 22.6 Å². The van der Waals surface area contributed by atoms with Crippen molar-refractivity contribution in [2.45, 2.75) is 20.8 Å². The molecular weight excluding hydrogens is 330 g/mol. The van der Waals surface area contributed by atoms with Gasteiger partial charge in [-0.25, -0.2) is 4.79 Å². The molecular formula is C20H21N3O3. The maximum atomic E-state index is 11.8. The van der Waals surface area contributed by atoms with Gasteiger partial charge in [-0.1, -0.05) is 0 Å². The quantitative estimate of drug-likeness (QED) is 0.510. The van der Waals surface area contributed by atoms with E-state index in [1.165, 1.54) is 7.05 Å². The van der Waals surface area contributed by atoms with Crippen LogP contribution in [0, 0.1) is 25.2 Å². The predicted molar refractivity (Wildman–Crippen MR) is 98.9 cm³/mol. The lowest BCUT2D eigenvalue weighted by Crippen LogP contribution is -2.19. The minimum absolute atomic E-state index is 0.0467. The number of hydrogen-bond acceptors (Lipinski definition) is 4. The van der Waals surface area contributed by atoms with Crippen LogP contribution < -0.4 is 5.32 Å². The van der Waals surface area contributed by atoms with Gasteiger partial charge in [0.2, 0.25) is 0 Å². The second kappa shape index (κ2) is 8.17. The summed E-state index contributed by atoms with van der Waals surface area (Å²) in [5.74, 6) is -0.774. The van der Waals surface area contributed by atoms with Gasteiger partial charge in [-0.2, -0.15) is 5.26 Å². The van der Waals surface area contributed by atoms with Crippen LogP contribution in [0.4, 0.5) is 0 Å². The van der Waals surface area contributed by atoms with Crippen molar-refractivity contribution in [3.05, 3.63) is 58.4 Å². The number of nitriles is 1. The lowest BCUT2D eigenvalue weighted by molar-refractivity contribution is -0.116. The lowest BCUT2D eigenvalue weighted by Gasteiger charge is -2.10. The molecule has 0 unspecified atom stereocenters. The van der Waals surface area contributed by atoms with Crippen LogP contribution in [-0.4, -0.2) is 30.1 Å². The number of benzene rings is 1. The molecule has 0 saturated carbocycles. The Kier molecular flexibility index (Phi) is 5.97. The number of esters is 1. The maximum Gasteiger partial charge on any atom is 0.338 e. The van der Waals surface area contributed by atoms with Gasteiger partial charge in [0.15, 0.2) is 0 Å². The topological polar surface area (TPSA) is 84.1 Å². The Morgan fingerprint density at radius 2 is 1.92 bits per heavy atom. The van der Waals surface area contributed by atoms with Crippen LogP contribution in [0.2, 0.25) is 0 Å². The van der Waals surface area contributed by atoms with Gasteiger partial charge in [-0.3, -0.25) is 4.79 Å². The number of likely N-dealkylation sites (N-methyl/N-ethyl adjacent to an activating group) is 1. The lowest BCUT2D eigenvalue weighted by atomic mass is 10.1. The first-order valence-corrected chi connectivity index (χ1v) is 8.23. The fourth-order valence-corrected chi connectivity index (χ4v) is 2.73. The van der Waals surface area contributed by atoms with Crippen LogP contribution >= 0.6 is 0 Å². The third-order valence-corrected chi connectivity index (χ3v) is 4.00. The summed E-state index contributed by atoms with van der Waals surface area (Å²) in [6, 6.07) is 10.9. The minimum atomic E-state index is -0.420. The van der Waals surface area contributed by atoms with Crippen molar-refractivity contribution < 1.29 is 14.3 Å². The van der Waals surface area contributed by atoms with Gasteiger partial charge >= 0.3 is 5.97 Å². The molecule has 0 fully saturated rings. The monoisotopic (exact) mass is 351 g/mol. The van der Waals surface area contributed by atoms with Gasteiger partial charge in [0.05, 0.1) is 12.2 Å². The summed E-state index contributed by atoms with van der Waals surface area (Å²) in [6.07, 6.45) is 1.57. The van der Waals surface area contributed by atoms with E-state index in [-0.39, 0.29) is 11.5 Å². The standard InChI is InChI=1S/C20H21N3O3/c1-5-26-20(25)15-6-8-18(9-7-15)23-13(2)10-16(14(23)3)11-17(12-21)19(24)22-4/h6-11H,5H2,1-4H3,(H,22,24)/b17-11-. The normalized spacial score (nSPS) is 11.0. The van der Waals surface area contributed by atoms with Crippen molar-refractivity contribution in [1.82, 2.24) is 9.88 Å². The predicted octanol–water partition coefficient (Wildman–Crippen LogP) is 2.92. The van der Waals surface area contributed by atoms with E-state index in [4.69, 9.17) is 10.00 Å². The van der Waals surface area contributed by atoms with Crippen LogP contribution in [0.1, 0.15) is 34.2 Å². The third kappa shape index (κ3) is 3.83. The summed E-state index contributed by atoms with van der Waals surface area (Å²) in [4.78, 5) is 23.5. The van der Waals surface area contributed by atoms with Gasteiger partial charge in [0.25, 0.3) is 5.91 Å². The maximum absolute atomic E-state index is 11.8. The highest BCUT2D eigenvalue weighted by Gasteiger charge is 2.13. The molecule has 6 nitrogen and oxygen atoms in total. The van der Waals surface area contributed by atoms with Crippen LogP contribution in [-0.2, 0) is 9.53 Å². The third-order valence-electron chi connectivity index (χ3n) is 4.00. The van der Waals surface area contributed by atoms with E-state index in [1.54, 1.807) is 25.1 Å². The van der Waals surface area contributed by atoms with E-state index < -0.39 is 5.91 Å². The molecule has 2 rings (SSSR count). The highest BCUT2D eigenvalue weighted by atomic mass is 16.5. The Bertz CT molecular complexity index is 900. The van der Waals surface area contributed by atoms with Crippen molar-refractivity contribution in [3.63, 3.8) is 0 Å². The molecule has 0 aliphatic rings. The van der Waals surface area contributed by atoms with E-state index in [1.807, 2.05) is 42.7 Å². The first-order chi connectivity index (χ1) is 12.4. The molecule has 1 amide bonds. The van der Waals surface area contributed by atoms with Crippen molar-refractivity contribution in [1.29, 1.82) is 5.26 Å². The molecule has 2 aromatic rings. The largest absolute Gasteiger partial charge is 0.462 e. The number of rotatable bonds is 5. The molecule has 0 aliphatic heterocycles. The Morgan fingerprint density at radius 1 is 1.27 bits per heavy atom. The summed E-state index contributed by atoms with van der Waals surface area (Å²) in [5.41, 5.74) is 4.05. The van der Waals surface area contributed by atoms with E-state index >= 15 is 0 Å². The smallest absolute Gasteiger partial charge is 0.338 e. The Morgan fingerprint density at radius 3 is 2.46 bits per heavy atom. The highest BCUT2D eigenvalue weighted by Crippen LogP contribution is 2.23. The van der Waals surface area contributed by atoms with Crippen LogP contribution in [0.25, 0.3) is 11.8 Å². The van der Waals surface area contributed by atoms with Crippen LogP contribution in [0.3, 0.4) is 0 Å². The fraction of sp³-hybridized carbons (Fsp3) is 0.250. The van der Waals surface area contributed by atoms with Gasteiger partial charge in [-0.05, 0) is 62.7 Å². The van der Waals surface area contributed by atoms with Gasteiger partial charge in [0.1, 0.15) is 11.6 Å². The summed E-state index contributed by atoms with van der Waals surface area (Å²) in [7, 11) is 1.49. The average Bonchev–Trinajstić information content (AvgIpc) is 2.92. The second-order valence-electron chi connectivity index (χ2n) is 5.68. The molecule has 0 bridgehead atoms. The van der Waals surface area contributed by atoms with Crippen LogP contribution in [0.15, 0.2) is 35.9 Å². The Labute approximate surface area is 152 Å². The SMILES string of the molecule is CCOC(=O)c1ccc(-n2c(C)cc(/C=C(/C#N)C(=O)NC)c2C)cc1. The number of amides is 1. The molecule has 1 aromatic carbocycles. The molecule has 0 radical (unpaired) electrons. The van der Waals surface area contributed by atoms with Gasteiger partial charge in [0, 0.05) is 24.1 Å². The zero-order valence-electron chi connectivity index (χ0n) is 15.3. The molecule has 1 N–H and O–H groups in total. The number of carbonyl (C=O) groups is 2. The molecule has 1 heterocycles. The average molecular weight is 351 g/mol. The van der Waals surface area contributed by atoms with Crippen molar-refractivity contribution in [2.75, 3.05) is 13.7 Å². The van der Waals surface area contributed by atoms with E-state index in [2.05, 4.69) is 5.32 Å². The minimum Gasteiger partial charge on any atom is -0.462 e. The number of hydrogen-bond donors (Lipinski definition) is 1. The number of nitrogens with one attached hydrogen (secondary N) is 1. The summed E-state index contributed by atoms with van der Waals surface area (Å²) < 4.78 is 6.99. The van der Waals surface area contributed by atoms with E-state index in [9.17, 15) is 9.59 Å². The number of ether oxygens (including phenoxy) is 1. The van der Waals surface area contributed by atoms with Crippen molar-refractivity contribution >= 4 is 18.0 Å². The second-order valence-corrected chi connectivity index (χ2v) is 5.68. The molecule has 0 aliphatic carbocycles. The number of nitrogens with zero attached hydrogens (tertiary/aromatic N) is 2. The zero-order chi connectivity index (χ0) is 19.3. The summed E-state index contributed by atoms with van der Waals surface area (Å²) in [6.45, 7) is 5.95. The Balaban J connectivity index is 2.42. The number of aryl methyl sites for hydroxylation is 1. The molecule has 1 aromatic heterocycles. The zero-order valence-corrected chi connectivity index (χ0v) is 15.3. The molecule has 6 heteroatoms. The molecule has 0 atom stereocenters. The molecule has 26 heavy (non-hydrogen) atoms. The van der Waals surface area contributed by atoms with Gasteiger partial charge < -0.3 is 14.6 Å².